The SMILES string of the molecule is O=C1OC2(OC=C(c3ccccc3)C2=O)c2ccccc21.O=C1OC2(c3ccc(O)cc3Oc3cc(O)ccc32)c2ccccc21.O=C1OC2(c3ccc(O)cc3Oc3cc(O)ccc32)c2ccccc21. The molecular weight excluding hydrogens is 909 g/mol. The molecular formula is C57H34O14. The van der Waals surface area contributed by atoms with Crippen LogP contribution in [0.4, 0.5) is 0 Å². The minimum Gasteiger partial charge on any atom is -0.508 e. The zero-order chi connectivity index (χ0) is 48.8. The summed E-state index contributed by atoms with van der Waals surface area (Å²) in [6, 6.07) is 49.1. The number of carbonyl (C=O) groups excluding carboxylic acids is 4. The van der Waals surface area contributed by atoms with Gasteiger partial charge in [-0.1, -0.05) is 78.9 Å². The molecule has 8 aromatic rings. The minimum absolute atomic E-state index is 0.0371. The number of ether oxygens (including phenoxy) is 6. The zero-order valence-electron chi connectivity index (χ0n) is 36.7. The van der Waals surface area contributed by atoms with Crippen LogP contribution < -0.4 is 9.47 Å². The summed E-state index contributed by atoms with van der Waals surface area (Å²) < 4.78 is 34.4. The number of carbonyl (C=O) groups is 4. The summed E-state index contributed by atoms with van der Waals surface area (Å²) in [5, 5.41) is 39.3. The van der Waals surface area contributed by atoms with Gasteiger partial charge in [-0.3, -0.25) is 4.79 Å². The van der Waals surface area contributed by atoms with E-state index in [0.717, 1.165) is 5.56 Å². The van der Waals surface area contributed by atoms with Crippen LogP contribution >= 0.6 is 0 Å². The third-order valence-corrected chi connectivity index (χ3v) is 13.1. The van der Waals surface area contributed by atoms with Crippen LogP contribution in [0, 0.1) is 0 Å². The number of benzene rings is 8. The second-order valence-electron chi connectivity index (χ2n) is 17.1. The normalized spacial score (nSPS) is 17.8. The van der Waals surface area contributed by atoms with Crippen LogP contribution in [0.3, 0.4) is 0 Å². The smallest absolute Gasteiger partial charge is 0.347 e. The topological polar surface area (TPSA) is 205 Å². The molecule has 346 valence electrons. The fraction of sp³-hybridized carbons (Fsp3) is 0.0526. The molecule has 0 saturated carbocycles. The van der Waals surface area contributed by atoms with Crippen LogP contribution in [0.25, 0.3) is 5.57 Å². The lowest BCUT2D eigenvalue weighted by molar-refractivity contribution is -0.173. The van der Waals surface area contributed by atoms with Gasteiger partial charge >= 0.3 is 23.7 Å². The van der Waals surface area contributed by atoms with Gasteiger partial charge in [-0.2, -0.15) is 0 Å². The summed E-state index contributed by atoms with van der Waals surface area (Å²) in [6.07, 6.45) is 1.37. The molecule has 3 spiro atoms. The van der Waals surface area contributed by atoms with E-state index in [2.05, 4.69) is 0 Å². The molecule has 6 aliphatic rings. The molecule has 6 aliphatic heterocycles. The molecule has 0 aromatic heterocycles. The summed E-state index contributed by atoms with van der Waals surface area (Å²) in [5.41, 5.74) is 4.53. The van der Waals surface area contributed by atoms with Gasteiger partial charge in [-0.25, -0.2) is 14.4 Å². The minimum atomic E-state index is -1.65. The van der Waals surface area contributed by atoms with Crippen LogP contribution in [-0.2, 0) is 40.7 Å². The molecule has 14 heteroatoms. The second-order valence-corrected chi connectivity index (χ2v) is 17.1. The molecule has 0 fully saturated rings. The Kier molecular flexibility index (Phi) is 9.35. The summed E-state index contributed by atoms with van der Waals surface area (Å²) in [5.74, 6) is -1.73. The van der Waals surface area contributed by atoms with E-state index in [1.165, 1.54) is 54.8 Å². The Balaban J connectivity index is 0.000000110. The number of aromatic hydroxyl groups is 4. The van der Waals surface area contributed by atoms with Gasteiger partial charge in [0.05, 0.1) is 27.8 Å². The number of hydrogen-bond donors (Lipinski definition) is 4. The molecule has 0 radical (unpaired) electrons. The maximum absolute atomic E-state index is 12.8. The fourth-order valence-electron chi connectivity index (χ4n) is 9.99. The molecule has 0 saturated heterocycles. The van der Waals surface area contributed by atoms with Gasteiger partial charge in [0.2, 0.25) is 0 Å². The van der Waals surface area contributed by atoms with Crippen molar-refractivity contribution in [3.05, 3.63) is 243 Å². The Bertz CT molecular complexity index is 3380. The predicted molar refractivity (Wildman–Crippen MR) is 250 cm³/mol. The standard InChI is InChI=1S/2C20H12O5.C17H10O4/c2*21-11-5-7-15-17(9-11)24-18-10-12(22)6-8-16(18)20(15)14-4-2-1-3-13(14)19(23)25-20;18-15-13(11-6-2-1-3-7-11)10-20-17(15)14-9-5-4-8-12(14)16(19)21-17/h2*1-10,21-22H;1-10H. The van der Waals surface area contributed by atoms with Crippen molar-refractivity contribution >= 4 is 29.3 Å². The number of phenols is 4. The number of ketones is 1. The molecule has 1 atom stereocenters. The number of fused-ring (bicyclic) bond motifs is 14. The van der Waals surface area contributed by atoms with E-state index in [4.69, 9.17) is 28.4 Å². The van der Waals surface area contributed by atoms with Crippen molar-refractivity contribution in [2.45, 2.75) is 17.0 Å². The lowest BCUT2D eigenvalue weighted by Crippen LogP contribution is -2.34. The predicted octanol–water partition coefficient (Wildman–Crippen LogP) is 9.98. The van der Waals surface area contributed by atoms with E-state index in [1.807, 2.05) is 54.6 Å². The van der Waals surface area contributed by atoms with E-state index in [9.17, 15) is 39.6 Å². The summed E-state index contributed by atoms with van der Waals surface area (Å²) in [6.45, 7) is 0. The quantitative estimate of drug-likeness (QED) is 0.0894. The van der Waals surface area contributed by atoms with Gasteiger partial charge in [-0.15, -0.1) is 0 Å². The molecule has 0 aliphatic carbocycles. The monoisotopic (exact) mass is 942 g/mol. The summed E-state index contributed by atoms with van der Waals surface area (Å²) >= 11 is 0. The Hall–Kier alpha value is -9.82. The maximum Gasteiger partial charge on any atom is 0.347 e. The number of phenolic OH excluding ortho intramolecular Hbond substituents is 4. The fourth-order valence-corrected chi connectivity index (χ4v) is 9.99. The molecule has 1 unspecified atom stereocenters. The lowest BCUT2D eigenvalue weighted by Gasteiger charge is -2.36. The average Bonchev–Trinajstić information content (AvgIpc) is 4.06. The van der Waals surface area contributed by atoms with Crippen LogP contribution in [0.1, 0.15) is 75.6 Å². The van der Waals surface area contributed by atoms with Crippen molar-refractivity contribution in [3.63, 3.8) is 0 Å². The third-order valence-electron chi connectivity index (χ3n) is 13.1. The molecule has 71 heavy (non-hydrogen) atoms. The van der Waals surface area contributed by atoms with Crippen molar-refractivity contribution in [1.82, 2.24) is 0 Å². The summed E-state index contributed by atoms with van der Waals surface area (Å²) in [4.78, 5) is 49.8. The number of rotatable bonds is 1. The van der Waals surface area contributed by atoms with Crippen molar-refractivity contribution in [2.75, 3.05) is 0 Å². The van der Waals surface area contributed by atoms with Crippen molar-refractivity contribution in [3.8, 4) is 46.0 Å². The van der Waals surface area contributed by atoms with Gasteiger partial charge in [0.25, 0.3) is 5.78 Å². The van der Waals surface area contributed by atoms with E-state index < -0.39 is 34.9 Å². The van der Waals surface area contributed by atoms with E-state index >= 15 is 0 Å². The van der Waals surface area contributed by atoms with Gasteiger partial charge < -0.3 is 48.8 Å². The highest BCUT2D eigenvalue weighted by Crippen LogP contribution is 2.59. The maximum atomic E-state index is 12.8. The third kappa shape index (κ3) is 6.27. The molecule has 0 bridgehead atoms. The van der Waals surface area contributed by atoms with Crippen LogP contribution in [0.5, 0.6) is 46.0 Å². The molecule has 6 heterocycles. The first-order valence-electron chi connectivity index (χ1n) is 22.1. The first-order chi connectivity index (χ1) is 34.4. The molecule has 14 nitrogen and oxygen atoms in total. The Morgan fingerprint density at radius 2 is 0.704 bits per heavy atom. The van der Waals surface area contributed by atoms with Crippen molar-refractivity contribution in [1.29, 1.82) is 0 Å². The summed E-state index contributed by atoms with van der Waals surface area (Å²) in [7, 11) is 0. The number of hydrogen-bond acceptors (Lipinski definition) is 14. The Labute approximate surface area is 402 Å². The highest BCUT2D eigenvalue weighted by molar-refractivity contribution is 6.27. The molecule has 8 aromatic carbocycles. The van der Waals surface area contributed by atoms with Gasteiger partial charge in [0, 0.05) is 57.6 Å². The first kappa shape index (κ1) is 42.5. The van der Waals surface area contributed by atoms with Gasteiger partial charge in [-0.05, 0) is 78.4 Å². The zero-order valence-corrected chi connectivity index (χ0v) is 36.7. The highest BCUT2D eigenvalue weighted by atomic mass is 16.7. The molecule has 0 amide bonds. The van der Waals surface area contributed by atoms with Crippen LogP contribution in [0.15, 0.2) is 182 Å². The lowest BCUT2D eigenvalue weighted by atomic mass is 9.77. The molecule has 4 N–H and O–H groups in total. The molecule has 14 rings (SSSR count). The van der Waals surface area contributed by atoms with Crippen molar-refractivity contribution < 1.29 is 68.0 Å². The highest BCUT2D eigenvalue weighted by Gasteiger charge is 2.58. The Morgan fingerprint density at radius 3 is 1.13 bits per heavy atom. The van der Waals surface area contributed by atoms with Crippen molar-refractivity contribution in [2.24, 2.45) is 0 Å². The number of Topliss-reactive ketones (excluding diaryl/α,β-unsaturated/α-hetero) is 1. The van der Waals surface area contributed by atoms with E-state index in [1.54, 1.807) is 72.8 Å². The van der Waals surface area contributed by atoms with Crippen LogP contribution in [0.2, 0.25) is 0 Å². The van der Waals surface area contributed by atoms with E-state index in [-0.39, 0.29) is 28.8 Å². The average molecular weight is 943 g/mol. The van der Waals surface area contributed by atoms with Crippen LogP contribution in [-0.4, -0.2) is 44.1 Å². The van der Waals surface area contributed by atoms with E-state index in [0.29, 0.717) is 84.2 Å². The second kappa shape index (κ2) is 15.6. The largest absolute Gasteiger partial charge is 0.508 e. The van der Waals surface area contributed by atoms with Gasteiger partial charge in [0.15, 0.2) is 11.2 Å². The Morgan fingerprint density at radius 1 is 0.352 bits per heavy atom. The first-order valence-corrected chi connectivity index (χ1v) is 22.1. The van der Waals surface area contributed by atoms with Gasteiger partial charge in [0.1, 0.15) is 52.3 Å². The number of esters is 3.